The van der Waals surface area contributed by atoms with Crippen LogP contribution in [0.3, 0.4) is 0 Å². The van der Waals surface area contributed by atoms with Gasteiger partial charge in [-0.1, -0.05) is 0 Å². The number of nitrogens with zero attached hydrogens (tertiary/aromatic N) is 4. The molecule has 1 aliphatic rings. The van der Waals surface area contributed by atoms with Gasteiger partial charge in [0.2, 0.25) is 11.9 Å². The monoisotopic (exact) mass is 263 g/mol. The van der Waals surface area contributed by atoms with E-state index in [2.05, 4.69) is 9.97 Å². The van der Waals surface area contributed by atoms with Gasteiger partial charge in [0.05, 0.1) is 5.56 Å². The second kappa shape index (κ2) is 5.21. The lowest BCUT2D eigenvalue weighted by atomic mass is 10.2. The van der Waals surface area contributed by atoms with E-state index in [0.717, 1.165) is 0 Å². The van der Waals surface area contributed by atoms with Crippen molar-refractivity contribution in [2.24, 2.45) is 5.73 Å². The van der Waals surface area contributed by atoms with Gasteiger partial charge in [0, 0.05) is 31.5 Å². The van der Waals surface area contributed by atoms with Crippen molar-refractivity contribution in [1.82, 2.24) is 14.9 Å². The van der Waals surface area contributed by atoms with Crippen LogP contribution < -0.4 is 10.6 Å². The second-order valence-corrected chi connectivity index (χ2v) is 4.74. The van der Waals surface area contributed by atoms with Crippen LogP contribution in [0.2, 0.25) is 0 Å². The molecule has 19 heavy (non-hydrogen) atoms. The molecule has 2 amide bonds. The average molecular weight is 263 g/mol. The molecule has 0 spiro atoms. The number of piperazine rings is 1. The Labute approximate surface area is 111 Å². The number of hydrogen-bond donors (Lipinski definition) is 1. The highest BCUT2D eigenvalue weighted by Crippen LogP contribution is 2.13. The Morgan fingerprint density at radius 1 is 1.32 bits per heavy atom. The van der Waals surface area contributed by atoms with Crippen LogP contribution in [-0.2, 0) is 4.79 Å². The first-order chi connectivity index (χ1) is 8.99. The zero-order valence-corrected chi connectivity index (χ0v) is 11.0. The molecule has 0 atom stereocenters. The standard InChI is InChI=1S/C12H17N5O2/c1-8(2)17-4-3-16(7-10(17)18)12-14-5-9(6-15-12)11(13)19/h5-6,8H,3-4,7H2,1-2H3,(H2,13,19). The zero-order valence-electron chi connectivity index (χ0n) is 11.0. The van der Waals surface area contributed by atoms with Crippen LogP contribution in [0.4, 0.5) is 5.95 Å². The van der Waals surface area contributed by atoms with Gasteiger partial charge in [0.15, 0.2) is 0 Å². The Morgan fingerprint density at radius 3 is 2.42 bits per heavy atom. The summed E-state index contributed by atoms with van der Waals surface area (Å²) < 4.78 is 0. The predicted octanol–water partition coefficient (Wildman–Crippen LogP) is -0.367. The van der Waals surface area contributed by atoms with Crippen molar-refractivity contribution < 1.29 is 9.59 Å². The van der Waals surface area contributed by atoms with Gasteiger partial charge in [-0.3, -0.25) is 9.59 Å². The van der Waals surface area contributed by atoms with Crippen molar-refractivity contribution in [2.75, 3.05) is 24.5 Å². The summed E-state index contributed by atoms with van der Waals surface area (Å²) in [5.74, 6) is -0.0576. The van der Waals surface area contributed by atoms with Gasteiger partial charge in [-0.2, -0.15) is 0 Å². The zero-order chi connectivity index (χ0) is 14.0. The van der Waals surface area contributed by atoms with Gasteiger partial charge in [-0.15, -0.1) is 0 Å². The lowest BCUT2D eigenvalue weighted by Crippen LogP contribution is -2.53. The minimum absolute atomic E-state index is 0.0591. The van der Waals surface area contributed by atoms with Crippen molar-refractivity contribution in [2.45, 2.75) is 19.9 Å². The quantitative estimate of drug-likeness (QED) is 0.803. The summed E-state index contributed by atoms with van der Waals surface area (Å²) in [4.78, 5) is 34.6. The fourth-order valence-electron chi connectivity index (χ4n) is 2.01. The van der Waals surface area contributed by atoms with Crippen LogP contribution in [0.15, 0.2) is 12.4 Å². The van der Waals surface area contributed by atoms with E-state index in [0.29, 0.717) is 19.0 Å². The molecule has 1 fully saturated rings. The molecule has 1 aromatic rings. The summed E-state index contributed by atoms with van der Waals surface area (Å²) in [6, 6.07) is 0.202. The fraction of sp³-hybridized carbons (Fsp3) is 0.500. The molecule has 0 bridgehead atoms. The number of nitrogens with two attached hydrogens (primary N) is 1. The first-order valence-corrected chi connectivity index (χ1v) is 6.15. The van der Waals surface area contributed by atoms with E-state index in [-0.39, 0.29) is 24.1 Å². The van der Waals surface area contributed by atoms with E-state index in [9.17, 15) is 9.59 Å². The van der Waals surface area contributed by atoms with Gasteiger partial charge in [0.25, 0.3) is 5.91 Å². The van der Waals surface area contributed by atoms with Crippen molar-refractivity contribution in [3.63, 3.8) is 0 Å². The Hall–Kier alpha value is -2.18. The number of aromatic nitrogens is 2. The van der Waals surface area contributed by atoms with Crippen molar-refractivity contribution in [1.29, 1.82) is 0 Å². The van der Waals surface area contributed by atoms with E-state index in [1.807, 2.05) is 18.7 Å². The molecule has 1 aromatic heterocycles. The van der Waals surface area contributed by atoms with Crippen molar-refractivity contribution in [3.8, 4) is 0 Å². The molecule has 0 saturated carbocycles. The molecule has 0 radical (unpaired) electrons. The van der Waals surface area contributed by atoms with Gasteiger partial charge < -0.3 is 15.5 Å². The minimum atomic E-state index is -0.563. The highest BCUT2D eigenvalue weighted by atomic mass is 16.2. The second-order valence-electron chi connectivity index (χ2n) is 4.74. The lowest BCUT2D eigenvalue weighted by Gasteiger charge is -2.36. The molecule has 2 heterocycles. The summed E-state index contributed by atoms with van der Waals surface area (Å²) in [5, 5.41) is 0. The molecule has 0 unspecified atom stereocenters. The Morgan fingerprint density at radius 2 is 1.95 bits per heavy atom. The van der Waals surface area contributed by atoms with E-state index in [1.54, 1.807) is 4.90 Å². The van der Waals surface area contributed by atoms with Crippen LogP contribution in [0, 0.1) is 0 Å². The van der Waals surface area contributed by atoms with Crippen LogP contribution in [-0.4, -0.2) is 52.4 Å². The maximum absolute atomic E-state index is 11.9. The number of primary amides is 1. The van der Waals surface area contributed by atoms with Crippen LogP contribution in [0.25, 0.3) is 0 Å². The first kappa shape index (κ1) is 13.3. The highest BCUT2D eigenvalue weighted by molar-refractivity contribution is 5.92. The Balaban J connectivity index is 2.08. The third kappa shape index (κ3) is 2.81. The maximum Gasteiger partial charge on any atom is 0.251 e. The summed E-state index contributed by atoms with van der Waals surface area (Å²) in [7, 11) is 0. The van der Waals surface area contributed by atoms with Gasteiger partial charge in [-0.25, -0.2) is 9.97 Å². The molecular weight excluding hydrogens is 246 g/mol. The minimum Gasteiger partial charge on any atom is -0.366 e. The molecular formula is C12H17N5O2. The van der Waals surface area contributed by atoms with Crippen molar-refractivity contribution in [3.05, 3.63) is 18.0 Å². The van der Waals surface area contributed by atoms with E-state index in [4.69, 9.17) is 5.73 Å². The number of carbonyl (C=O) groups is 2. The number of carbonyl (C=O) groups excluding carboxylic acids is 2. The number of anilines is 1. The molecule has 2 N–H and O–H groups in total. The SMILES string of the molecule is CC(C)N1CCN(c2ncc(C(N)=O)cn2)CC1=O. The smallest absolute Gasteiger partial charge is 0.251 e. The molecule has 0 aromatic carbocycles. The normalized spacial score (nSPS) is 16.1. The molecule has 102 valence electrons. The predicted molar refractivity (Wildman–Crippen MR) is 69.6 cm³/mol. The molecule has 2 rings (SSSR count). The molecule has 0 aliphatic carbocycles. The Kier molecular flexibility index (Phi) is 3.64. The van der Waals surface area contributed by atoms with Gasteiger partial charge in [-0.05, 0) is 13.8 Å². The third-order valence-electron chi connectivity index (χ3n) is 3.09. The average Bonchev–Trinajstić information content (AvgIpc) is 2.38. The number of rotatable bonds is 3. The van der Waals surface area contributed by atoms with Crippen LogP contribution in [0.1, 0.15) is 24.2 Å². The Bertz CT molecular complexity index is 485. The van der Waals surface area contributed by atoms with Crippen molar-refractivity contribution >= 4 is 17.8 Å². The van der Waals surface area contributed by atoms with E-state index in [1.165, 1.54) is 12.4 Å². The highest BCUT2D eigenvalue weighted by Gasteiger charge is 2.26. The van der Waals surface area contributed by atoms with E-state index >= 15 is 0 Å². The summed E-state index contributed by atoms with van der Waals surface area (Å²) >= 11 is 0. The number of hydrogen-bond acceptors (Lipinski definition) is 5. The summed E-state index contributed by atoms with van der Waals surface area (Å²) in [6.07, 6.45) is 2.76. The molecule has 1 aliphatic heterocycles. The fourth-order valence-corrected chi connectivity index (χ4v) is 2.01. The van der Waals surface area contributed by atoms with E-state index < -0.39 is 5.91 Å². The van der Waals surface area contributed by atoms with Gasteiger partial charge >= 0.3 is 0 Å². The third-order valence-corrected chi connectivity index (χ3v) is 3.09. The van der Waals surface area contributed by atoms with Crippen LogP contribution in [0.5, 0.6) is 0 Å². The summed E-state index contributed by atoms with van der Waals surface area (Å²) in [5.41, 5.74) is 5.38. The lowest BCUT2D eigenvalue weighted by molar-refractivity contribution is -0.132. The summed E-state index contributed by atoms with van der Waals surface area (Å²) in [6.45, 7) is 5.57. The topological polar surface area (TPSA) is 92.4 Å². The molecule has 1 saturated heterocycles. The van der Waals surface area contributed by atoms with Gasteiger partial charge in [0.1, 0.15) is 6.54 Å². The first-order valence-electron chi connectivity index (χ1n) is 6.15. The largest absolute Gasteiger partial charge is 0.366 e. The molecule has 7 heteroatoms. The molecule has 7 nitrogen and oxygen atoms in total. The number of amides is 2. The van der Waals surface area contributed by atoms with Crippen LogP contribution >= 0.6 is 0 Å². The maximum atomic E-state index is 11.9.